The molecule has 0 bridgehead atoms. The van der Waals surface area contributed by atoms with Crippen molar-refractivity contribution in [2.75, 3.05) is 0 Å². The van der Waals surface area contributed by atoms with Crippen molar-refractivity contribution in [1.82, 2.24) is 0 Å². The Morgan fingerprint density at radius 1 is 0.619 bits per heavy atom. The second kappa shape index (κ2) is 21.0. The topological polar surface area (TPSA) is 230 Å². The summed E-state index contributed by atoms with van der Waals surface area (Å²) in [7, 11) is -9.28. The van der Waals surface area contributed by atoms with Gasteiger partial charge in [0.1, 0.15) is 0 Å². The first-order valence-corrected chi connectivity index (χ1v) is 6.76. The first-order chi connectivity index (χ1) is 7.63. The predicted octanol–water partition coefficient (Wildman–Crippen LogP) is -4.67. The second-order valence-electron chi connectivity index (χ2n) is 2.31. The second-order valence-corrected chi connectivity index (χ2v) is 4.37. The molecule has 0 rings (SSSR count). The predicted molar refractivity (Wildman–Crippen MR) is 78.7 cm³/mol. The monoisotopic (exact) mass is 440 g/mol. The summed E-state index contributed by atoms with van der Waals surface area (Å²) in [6.45, 7) is 0. The summed E-state index contributed by atoms with van der Waals surface area (Å²) >= 11 is 0. The molecule has 0 aliphatic carbocycles. The summed E-state index contributed by atoms with van der Waals surface area (Å²) in [5, 5.41) is 15.8. The van der Waals surface area contributed by atoms with Crippen molar-refractivity contribution in [2.24, 2.45) is 0 Å². The van der Waals surface area contributed by atoms with Crippen LogP contribution in [-0.2, 0) is 18.7 Å². The van der Waals surface area contributed by atoms with Crippen LogP contribution in [0.25, 0.3) is 0 Å². The molecule has 21 heavy (non-hydrogen) atoms. The molecule has 0 amide bonds. The van der Waals surface area contributed by atoms with Crippen LogP contribution < -0.4 is 0 Å². The third kappa shape index (κ3) is 160. The van der Waals surface area contributed by atoms with Crippen LogP contribution in [0.4, 0.5) is 0 Å². The molecule has 8 N–H and O–H groups in total. The molecule has 0 aromatic heterocycles. The number of aliphatic carboxylic acids is 2. The molecule has 0 unspecified atom stereocenters. The molecule has 0 atom stereocenters. The summed E-state index contributed by atoms with van der Waals surface area (Å²) in [4.78, 5) is 62.4. The number of hydrogen-bond donors (Lipinski definition) is 8. The molecule has 0 aromatic rings. The van der Waals surface area contributed by atoms with Gasteiger partial charge in [0, 0.05) is 0 Å². The first kappa shape index (κ1) is 39.1. The molecule has 0 fully saturated rings. The molecular weight excluding hydrogens is 422 g/mol. The molecular formula is C4H18Ca3O12P2. The van der Waals surface area contributed by atoms with E-state index in [4.69, 9.17) is 48.7 Å². The van der Waals surface area contributed by atoms with Crippen LogP contribution in [0.5, 0.6) is 0 Å². The van der Waals surface area contributed by atoms with Gasteiger partial charge in [0.2, 0.25) is 0 Å². The van der Waals surface area contributed by atoms with Crippen molar-refractivity contribution < 1.29 is 58.3 Å². The molecule has 12 nitrogen and oxygen atoms in total. The fourth-order valence-corrected chi connectivity index (χ4v) is 0.214. The van der Waals surface area contributed by atoms with Gasteiger partial charge in [-0.1, -0.05) is 0 Å². The Bertz CT molecular complexity index is 298. The van der Waals surface area contributed by atoms with Gasteiger partial charge in [0.15, 0.2) is 0 Å². The number of phosphoric acid groups is 2. The van der Waals surface area contributed by atoms with Gasteiger partial charge in [-0.25, -0.2) is 9.13 Å². The average molecular weight is 440 g/mol. The van der Waals surface area contributed by atoms with Gasteiger partial charge in [-0.05, 0) is 0 Å². The van der Waals surface area contributed by atoms with Crippen LogP contribution in [0, 0.1) is 0 Å². The van der Waals surface area contributed by atoms with Crippen molar-refractivity contribution in [1.29, 1.82) is 0 Å². The third-order valence-electron chi connectivity index (χ3n) is 0.553. The Labute approximate surface area is 208 Å². The van der Waals surface area contributed by atoms with E-state index in [1.165, 1.54) is 0 Å². The van der Waals surface area contributed by atoms with Crippen LogP contribution in [0.3, 0.4) is 0 Å². The Hall–Kier alpha value is 2.94. The summed E-state index contributed by atoms with van der Waals surface area (Å²) < 4.78 is 17.8. The van der Waals surface area contributed by atoms with Gasteiger partial charge >= 0.3 is 141 Å². The van der Waals surface area contributed by atoms with Gasteiger partial charge in [-0.3, -0.25) is 9.59 Å². The maximum atomic E-state index is 9.64. The van der Waals surface area contributed by atoms with Gasteiger partial charge in [-0.2, -0.15) is 0 Å². The summed E-state index contributed by atoms with van der Waals surface area (Å²) in [5.41, 5.74) is 0. The van der Waals surface area contributed by atoms with Gasteiger partial charge < -0.3 is 39.6 Å². The van der Waals surface area contributed by atoms with Crippen molar-refractivity contribution in [2.45, 2.75) is 12.8 Å². The number of hydrogen-bond acceptors (Lipinski definition) is 4. The zero-order valence-electron chi connectivity index (χ0n) is 8.52. The fraction of sp³-hybridized carbons (Fsp3) is 0.500. The van der Waals surface area contributed by atoms with Gasteiger partial charge in [0.05, 0.1) is 12.8 Å². The zero-order valence-corrected chi connectivity index (χ0v) is 10.3. The Balaban J connectivity index is -0.0000000389. The van der Waals surface area contributed by atoms with Crippen LogP contribution in [0.2, 0.25) is 0 Å². The van der Waals surface area contributed by atoms with E-state index in [0.29, 0.717) is 0 Å². The quantitative estimate of drug-likeness (QED) is 0.153. The molecule has 0 aliphatic rings. The summed E-state index contributed by atoms with van der Waals surface area (Å²) in [6.07, 6.45) is -0.593. The minimum atomic E-state index is -4.64. The molecule has 0 saturated heterocycles. The van der Waals surface area contributed by atoms with Crippen LogP contribution in [-0.4, -0.2) is 165 Å². The Morgan fingerprint density at radius 3 is 0.762 bits per heavy atom. The van der Waals surface area contributed by atoms with E-state index in [2.05, 4.69) is 0 Å². The summed E-state index contributed by atoms with van der Waals surface area (Å²) in [6, 6.07) is 0. The Kier molecular flexibility index (Phi) is 39.1. The zero-order chi connectivity index (χ0) is 15.6. The van der Waals surface area contributed by atoms with Crippen molar-refractivity contribution in [3.05, 3.63) is 0 Å². The Morgan fingerprint density at radius 2 is 0.714 bits per heavy atom. The van der Waals surface area contributed by atoms with Crippen molar-refractivity contribution in [3.8, 4) is 0 Å². The van der Waals surface area contributed by atoms with E-state index in [1.54, 1.807) is 0 Å². The van der Waals surface area contributed by atoms with Crippen molar-refractivity contribution >= 4 is 141 Å². The molecule has 122 valence electrons. The van der Waals surface area contributed by atoms with Crippen LogP contribution in [0.15, 0.2) is 0 Å². The normalized spacial score (nSPS) is 8.86. The van der Waals surface area contributed by atoms with Crippen molar-refractivity contribution in [3.63, 3.8) is 0 Å². The van der Waals surface area contributed by atoms with Gasteiger partial charge in [-0.15, -0.1) is 0 Å². The number of carboxylic acid groups (broad SMARTS) is 2. The van der Waals surface area contributed by atoms with Gasteiger partial charge in [0.25, 0.3) is 0 Å². The molecule has 0 aliphatic heterocycles. The molecule has 0 aromatic carbocycles. The standard InChI is InChI=1S/C4H6O4.3Ca.2H3O4P.6H/c5-3(6)1-2-4(7)8;;;;2*1-5(2,3)4;;;;;;/h1-2H2,(H,5,6)(H,7,8);;;;2*(H3,1,2,3,4);;;;;;. The van der Waals surface area contributed by atoms with E-state index >= 15 is 0 Å². The third-order valence-corrected chi connectivity index (χ3v) is 0.553. The maximum absolute atomic E-state index is 9.64. The van der Waals surface area contributed by atoms with E-state index in [0.717, 1.165) is 0 Å². The molecule has 0 spiro atoms. The average Bonchev–Trinajstić information content (AvgIpc) is 1.93. The molecule has 0 radical (unpaired) electrons. The number of rotatable bonds is 3. The van der Waals surface area contributed by atoms with E-state index in [9.17, 15) is 9.59 Å². The number of carboxylic acids is 2. The van der Waals surface area contributed by atoms with E-state index < -0.39 is 27.6 Å². The van der Waals surface area contributed by atoms with E-state index in [-0.39, 0.29) is 126 Å². The first-order valence-electron chi connectivity index (χ1n) is 3.63. The van der Waals surface area contributed by atoms with Crippen LogP contribution in [0.1, 0.15) is 12.8 Å². The summed E-state index contributed by atoms with van der Waals surface area (Å²) in [5.74, 6) is -2.15. The molecule has 0 saturated carbocycles. The molecule has 17 heteroatoms. The number of carbonyl (C=O) groups is 2. The minimum absolute atomic E-state index is 0. The molecule has 0 heterocycles. The van der Waals surface area contributed by atoms with E-state index in [1.807, 2.05) is 0 Å². The fourth-order valence-electron chi connectivity index (χ4n) is 0.214. The van der Waals surface area contributed by atoms with Crippen LogP contribution >= 0.6 is 15.6 Å². The SMILES string of the molecule is O=C(O)CCC(=O)O.O=P(O)(O)O.O=P(O)(O)O.[CaH2].[CaH2].[CaH2].